The van der Waals surface area contributed by atoms with Crippen molar-refractivity contribution in [3.63, 3.8) is 0 Å². The minimum atomic E-state index is -0.613. The summed E-state index contributed by atoms with van der Waals surface area (Å²) in [6.45, 7) is 0. The monoisotopic (exact) mass is 216 g/mol. The maximum atomic E-state index is 11.8. The summed E-state index contributed by atoms with van der Waals surface area (Å²) in [6.07, 6.45) is 0. The Balaban J connectivity index is 2.99. The highest BCUT2D eigenvalue weighted by Gasteiger charge is 2.01. The third-order valence-electron chi connectivity index (χ3n) is 0.390. The van der Waals surface area contributed by atoms with Crippen LogP contribution in [0.2, 0.25) is 0 Å². The van der Waals surface area contributed by atoms with Crippen molar-refractivity contribution in [3.05, 3.63) is 0 Å². The lowest BCUT2D eigenvalue weighted by Gasteiger charge is -2.00. The molecule has 0 aliphatic heterocycles. The number of hydrogen-bond donors (Lipinski definition) is 0. The second-order valence-corrected chi connectivity index (χ2v) is 5.70. The van der Waals surface area contributed by atoms with Crippen molar-refractivity contribution < 1.29 is 4.39 Å². The topological polar surface area (TPSA) is 0 Å². The zero-order chi connectivity index (χ0) is 5.15. The Kier molecular flexibility index (Phi) is 3.91. The van der Waals surface area contributed by atoms with Crippen LogP contribution in [0.4, 0.5) is 4.39 Å². The third-order valence-corrected chi connectivity index (χ3v) is 4.51. The van der Waals surface area contributed by atoms with Gasteiger partial charge in [0, 0.05) is 0 Å². The standard InChI is InChI=1S/CH5B2FIP/c2-6(3)1(4)5/h1H,2-3H2. The Labute approximate surface area is 53.9 Å². The molecule has 1 atom stereocenters. The zero-order valence-corrected chi connectivity index (χ0v) is 6.83. The lowest BCUT2D eigenvalue weighted by molar-refractivity contribution is 0.583. The highest BCUT2D eigenvalue weighted by Crippen LogP contribution is 2.34. The molecule has 0 aromatic heterocycles. The third kappa shape index (κ3) is 3.41. The number of halogens is 2. The Hall–Kier alpha value is 1.22. The van der Waals surface area contributed by atoms with Crippen molar-refractivity contribution in [2.45, 2.75) is 3.92 Å². The molecule has 0 fully saturated rings. The summed E-state index contributed by atoms with van der Waals surface area (Å²) >= 11 is 1.79. The summed E-state index contributed by atoms with van der Waals surface area (Å²) in [6, 6.07) is 0. The van der Waals surface area contributed by atoms with Crippen LogP contribution in [-0.4, -0.2) is 19.1 Å². The highest BCUT2D eigenvalue weighted by molar-refractivity contribution is 14.1. The molecule has 0 aromatic carbocycles. The smallest absolute Gasteiger partial charge is 0.152 e. The quantitative estimate of drug-likeness (QED) is 0.255. The molecule has 0 spiro atoms. The van der Waals surface area contributed by atoms with Gasteiger partial charge in [-0.15, -0.1) is 7.68 Å². The van der Waals surface area contributed by atoms with E-state index in [1.807, 2.05) is 15.1 Å². The van der Waals surface area contributed by atoms with E-state index in [4.69, 9.17) is 0 Å². The van der Waals surface area contributed by atoms with Gasteiger partial charge in [0.15, 0.2) is 3.92 Å². The van der Waals surface area contributed by atoms with Crippen LogP contribution >= 0.6 is 30.3 Å². The first-order chi connectivity index (χ1) is 2.64. The van der Waals surface area contributed by atoms with Crippen molar-refractivity contribution in [1.29, 1.82) is 0 Å². The second kappa shape index (κ2) is 3.25. The van der Waals surface area contributed by atoms with Crippen LogP contribution in [0.15, 0.2) is 0 Å². The molecule has 0 heterocycles. The van der Waals surface area contributed by atoms with Gasteiger partial charge in [-0.1, -0.05) is 0 Å². The number of rotatable bonds is 1. The van der Waals surface area contributed by atoms with E-state index in [-0.39, 0.29) is 7.68 Å². The van der Waals surface area contributed by atoms with Crippen LogP contribution in [0, 0.1) is 0 Å². The molecule has 0 nitrogen and oxygen atoms in total. The van der Waals surface area contributed by atoms with Crippen molar-refractivity contribution in [2.75, 3.05) is 0 Å². The first kappa shape index (κ1) is 7.22. The zero-order valence-electron chi connectivity index (χ0n) is 3.78. The molecule has 0 saturated carbocycles. The second-order valence-electron chi connectivity index (χ2n) is 1.24. The molecule has 6 heavy (non-hydrogen) atoms. The van der Waals surface area contributed by atoms with Crippen molar-refractivity contribution in [3.8, 4) is 0 Å². The van der Waals surface area contributed by atoms with E-state index in [0.717, 1.165) is 0 Å². The highest BCUT2D eigenvalue weighted by atomic mass is 127. The lowest BCUT2D eigenvalue weighted by atomic mass is 10.7. The maximum absolute atomic E-state index is 11.8. The molecule has 0 aliphatic carbocycles. The average Bonchev–Trinajstić information content (AvgIpc) is 1.36. The Morgan fingerprint density at radius 2 is 1.83 bits per heavy atom. The molecule has 1 unspecified atom stereocenters. The van der Waals surface area contributed by atoms with E-state index in [1.54, 1.807) is 22.6 Å². The fourth-order valence-electron chi connectivity index (χ4n) is 0. The van der Waals surface area contributed by atoms with Gasteiger partial charge in [-0.25, -0.2) is 4.39 Å². The van der Waals surface area contributed by atoms with E-state index in [0.29, 0.717) is 0 Å². The summed E-state index contributed by atoms with van der Waals surface area (Å²) in [5, 5.41) is 0. The van der Waals surface area contributed by atoms with Crippen LogP contribution in [0.1, 0.15) is 0 Å². The molecular weight excluding hydrogens is 211 g/mol. The van der Waals surface area contributed by atoms with Gasteiger partial charge in [-0.05, 0) is 22.6 Å². The van der Waals surface area contributed by atoms with Gasteiger partial charge in [0.05, 0.1) is 0 Å². The van der Waals surface area contributed by atoms with Crippen molar-refractivity contribution in [1.82, 2.24) is 0 Å². The Bertz CT molecular complexity index is 34.5. The van der Waals surface area contributed by atoms with Crippen molar-refractivity contribution in [2.24, 2.45) is 0 Å². The lowest BCUT2D eigenvalue weighted by Crippen LogP contribution is -1.81. The van der Waals surface area contributed by atoms with Gasteiger partial charge in [-0.2, -0.15) is 0 Å². The molecule has 5 heteroatoms. The molecule has 34 valence electrons. The summed E-state index contributed by atoms with van der Waals surface area (Å²) in [5.41, 5.74) is 0. The van der Waals surface area contributed by atoms with E-state index in [9.17, 15) is 4.39 Å². The molecule has 0 bridgehead atoms. The predicted octanol–water partition coefficient (Wildman–Crippen LogP) is 0.253. The SMILES string of the molecule is BP(B)C(F)I. The predicted molar refractivity (Wildman–Crippen MR) is 42.9 cm³/mol. The van der Waals surface area contributed by atoms with Crippen LogP contribution in [0.5, 0.6) is 0 Å². The average molecular weight is 216 g/mol. The van der Waals surface area contributed by atoms with Gasteiger partial charge in [0.1, 0.15) is 15.1 Å². The molecule has 0 aliphatic rings. The van der Waals surface area contributed by atoms with Gasteiger partial charge >= 0.3 is 0 Å². The summed E-state index contributed by atoms with van der Waals surface area (Å²) in [4.78, 5) is 0. The molecule has 0 aromatic rings. The van der Waals surface area contributed by atoms with Gasteiger partial charge < -0.3 is 0 Å². The first-order valence-corrected chi connectivity index (χ1v) is 5.14. The molecule has 0 radical (unpaired) electrons. The number of hydrogen-bond acceptors (Lipinski definition) is 0. The molecule has 0 rings (SSSR count). The number of alkyl halides is 2. The van der Waals surface area contributed by atoms with Crippen LogP contribution in [-0.2, 0) is 0 Å². The van der Waals surface area contributed by atoms with Gasteiger partial charge in [0.2, 0.25) is 0 Å². The van der Waals surface area contributed by atoms with Gasteiger partial charge in [-0.3, -0.25) is 0 Å². The largest absolute Gasteiger partial charge is 0.233 e. The van der Waals surface area contributed by atoms with Crippen molar-refractivity contribution >= 4 is 45.4 Å². The van der Waals surface area contributed by atoms with Crippen LogP contribution < -0.4 is 0 Å². The fraction of sp³-hybridized carbons (Fsp3) is 1.00. The van der Waals surface area contributed by atoms with Crippen LogP contribution in [0.25, 0.3) is 0 Å². The molecular formula is CH5B2FIP. The summed E-state index contributed by atoms with van der Waals surface area (Å²) in [7, 11) is 3.51. The Morgan fingerprint density at radius 3 is 1.83 bits per heavy atom. The van der Waals surface area contributed by atoms with E-state index < -0.39 is 3.92 Å². The molecule has 0 saturated heterocycles. The molecule has 0 amide bonds. The summed E-state index contributed by atoms with van der Waals surface area (Å²) < 4.78 is 11.2. The van der Waals surface area contributed by atoms with Gasteiger partial charge in [0.25, 0.3) is 0 Å². The maximum Gasteiger partial charge on any atom is 0.152 e. The van der Waals surface area contributed by atoms with E-state index >= 15 is 0 Å². The van der Waals surface area contributed by atoms with E-state index in [1.165, 1.54) is 0 Å². The normalized spacial score (nSPS) is 15.2. The minimum absolute atomic E-state index is 0.339. The minimum Gasteiger partial charge on any atom is -0.233 e. The molecule has 0 N–H and O–H groups in total. The summed E-state index contributed by atoms with van der Waals surface area (Å²) in [5.74, 6) is 0. The van der Waals surface area contributed by atoms with Crippen LogP contribution in [0.3, 0.4) is 0 Å². The fourth-order valence-corrected chi connectivity index (χ4v) is 0. The van der Waals surface area contributed by atoms with E-state index in [2.05, 4.69) is 0 Å². The first-order valence-electron chi connectivity index (χ1n) is 1.59. The Morgan fingerprint density at radius 1 is 1.67 bits per heavy atom.